The lowest BCUT2D eigenvalue weighted by Gasteiger charge is -2.17. The van der Waals surface area contributed by atoms with Gasteiger partial charge >= 0.3 is 6.36 Å². The highest BCUT2D eigenvalue weighted by Gasteiger charge is 2.32. The minimum atomic E-state index is -4.86. The Morgan fingerprint density at radius 3 is 2.61 bits per heavy atom. The molecule has 0 radical (unpaired) electrons. The SMILES string of the molecule is CCCc1cc(NC(=O)c2cc(N3CCCS3(=O)=O)ncc2C)cc(OC(F)(F)F)c1. The molecule has 2 aromatic rings. The molecule has 1 aromatic heterocycles. The third-order valence-corrected chi connectivity index (χ3v) is 6.53. The van der Waals surface area contributed by atoms with Crippen LogP contribution in [-0.4, -0.2) is 38.0 Å². The van der Waals surface area contributed by atoms with E-state index in [0.29, 0.717) is 30.4 Å². The van der Waals surface area contributed by atoms with Crippen molar-refractivity contribution in [2.45, 2.75) is 39.5 Å². The van der Waals surface area contributed by atoms with Crippen LogP contribution in [0.5, 0.6) is 5.75 Å². The predicted molar refractivity (Wildman–Crippen MR) is 110 cm³/mol. The van der Waals surface area contributed by atoms with Gasteiger partial charge in [0.2, 0.25) is 10.0 Å². The highest BCUT2D eigenvalue weighted by atomic mass is 32.2. The average molecular weight is 457 g/mol. The number of aryl methyl sites for hydroxylation is 2. The molecule has 1 aliphatic rings. The van der Waals surface area contributed by atoms with E-state index >= 15 is 0 Å². The van der Waals surface area contributed by atoms with Crippen LogP contribution in [-0.2, 0) is 16.4 Å². The zero-order valence-corrected chi connectivity index (χ0v) is 17.8. The van der Waals surface area contributed by atoms with Gasteiger partial charge in [0.05, 0.1) is 5.75 Å². The van der Waals surface area contributed by atoms with Gasteiger partial charge in [0.15, 0.2) is 0 Å². The van der Waals surface area contributed by atoms with Crippen LogP contribution in [0.25, 0.3) is 0 Å². The summed E-state index contributed by atoms with van der Waals surface area (Å²) < 4.78 is 67.4. The molecule has 168 valence electrons. The molecule has 0 atom stereocenters. The number of pyridine rings is 1. The fraction of sp³-hybridized carbons (Fsp3) is 0.400. The van der Waals surface area contributed by atoms with Crippen molar-refractivity contribution in [3.05, 3.63) is 47.2 Å². The molecule has 0 unspecified atom stereocenters. The number of anilines is 2. The van der Waals surface area contributed by atoms with Crippen LogP contribution in [0.15, 0.2) is 30.5 Å². The molecule has 7 nitrogen and oxygen atoms in total. The zero-order chi connectivity index (χ0) is 22.8. The summed E-state index contributed by atoms with van der Waals surface area (Å²) in [5.41, 5.74) is 1.39. The number of halogens is 3. The predicted octanol–water partition coefficient (Wildman–Crippen LogP) is 4.03. The van der Waals surface area contributed by atoms with Crippen LogP contribution >= 0.6 is 0 Å². The van der Waals surface area contributed by atoms with Crippen LogP contribution in [0.3, 0.4) is 0 Å². The van der Waals surface area contributed by atoms with Crippen LogP contribution < -0.4 is 14.4 Å². The largest absolute Gasteiger partial charge is 0.573 e. The number of amides is 1. The molecule has 1 N–H and O–H groups in total. The molecule has 0 aliphatic carbocycles. The first kappa shape index (κ1) is 22.9. The van der Waals surface area contributed by atoms with Gasteiger partial charge in [-0.1, -0.05) is 13.3 Å². The fourth-order valence-electron chi connectivity index (χ4n) is 3.35. The normalized spacial score (nSPS) is 15.7. The van der Waals surface area contributed by atoms with Crippen LogP contribution in [0.1, 0.15) is 41.3 Å². The Balaban J connectivity index is 1.89. The second-order valence-electron chi connectivity index (χ2n) is 7.22. The zero-order valence-electron chi connectivity index (χ0n) is 17.0. The third kappa shape index (κ3) is 5.66. The van der Waals surface area contributed by atoms with Gasteiger partial charge in [-0.15, -0.1) is 13.2 Å². The molecule has 1 aromatic carbocycles. The third-order valence-electron chi connectivity index (χ3n) is 4.68. The minimum Gasteiger partial charge on any atom is -0.406 e. The van der Waals surface area contributed by atoms with Crippen molar-refractivity contribution in [2.24, 2.45) is 0 Å². The number of hydrogen-bond acceptors (Lipinski definition) is 5. The molecule has 1 saturated heterocycles. The summed E-state index contributed by atoms with van der Waals surface area (Å²) in [5, 5.41) is 2.58. The van der Waals surface area contributed by atoms with Gasteiger partial charge < -0.3 is 10.1 Å². The highest BCUT2D eigenvalue weighted by molar-refractivity contribution is 7.93. The molecular weight excluding hydrogens is 435 g/mol. The van der Waals surface area contributed by atoms with Crippen molar-refractivity contribution in [1.29, 1.82) is 0 Å². The van der Waals surface area contributed by atoms with E-state index in [0.717, 1.165) is 10.4 Å². The monoisotopic (exact) mass is 457 g/mol. The van der Waals surface area contributed by atoms with Gasteiger partial charge in [-0.3, -0.25) is 9.10 Å². The number of nitrogens with one attached hydrogen (secondary N) is 1. The van der Waals surface area contributed by atoms with Gasteiger partial charge in [-0.25, -0.2) is 13.4 Å². The smallest absolute Gasteiger partial charge is 0.406 e. The molecule has 1 amide bonds. The van der Waals surface area contributed by atoms with Gasteiger partial charge in [-0.05, 0) is 49.1 Å². The van der Waals surface area contributed by atoms with E-state index in [9.17, 15) is 26.4 Å². The number of hydrogen-bond donors (Lipinski definition) is 1. The van der Waals surface area contributed by atoms with Crippen molar-refractivity contribution in [1.82, 2.24) is 4.98 Å². The number of nitrogens with zero attached hydrogens (tertiary/aromatic N) is 2. The standard InChI is InChI=1S/C20H22F3N3O4S/c1-3-5-14-8-15(10-16(9-14)30-20(21,22)23)25-19(27)17-11-18(24-12-13(17)2)26-6-4-7-31(26,28)29/h8-12H,3-7H2,1-2H3,(H,25,27). The average Bonchev–Trinajstić information content (AvgIpc) is 3.00. The first-order chi connectivity index (χ1) is 14.5. The van der Waals surface area contributed by atoms with Gasteiger partial charge in [0.1, 0.15) is 11.6 Å². The summed E-state index contributed by atoms with van der Waals surface area (Å²) >= 11 is 0. The van der Waals surface area contributed by atoms with E-state index in [-0.39, 0.29) is 29.4 Å². The number of carbonyl (C=O) groups is 1. The summed E-state index contributed by atoms with van der Waals surface area (Å²) in [6, 6.07) is 5.32. The highest BCUT2D eigenvalue weighted by Crippen LogP contribution is 2.29. The molecule has 11 heteroatoms. The molecule has 31 heavy (non-hydrogen) atoms. The number of rotatable bonds is 6. The lowest BCUT2D eigenvalue weighted by molar-refractivity contribution is -0.274. The lowest BCUT2D eigenvalue weighted by atomic mass is 10.1. The second-order valence-corrected chi connectivity index (χ2v) is 9.23. The number of carbonyl (C=O) groups excluding carboxylic acids is 1. The Kier molecular flexibility index (Phi) is 6.44. The Morgan fingerprint density at radius 2 is 2.00 bits per heavy atom. The number of ether oxygens (including phenoxy) is 1. The van der Waals surface area contributed by atoms with Gasteiger partial charge in [0, 0.05) is 30.1 Å². The van der Waals surface area contributed by atoms with Crippen LogP contribution in [0, 0.1) is 6.92 Å². The molecule has 0 spiro atoms. The molecule has 2 heterocycles. The number of benzene rings is 1. The molecule has 3 rings (SSSR count). The first-order valence-corrected chi connectivity index (χ1v) is 11.3. The van der Waals surface area contributed by atoms with E-state index in [1.165, 1.54) is 18.3 Å². The van der Waals surface area contributed by atoms with Gasteiger partial charge in [0.25, 0.3) is 5.91 Å². The van der Waals surface area contributed by atoms with E-state index in [4.69, 9.17) is 0 Å². The minimum absolute atomic E-state index is 0.0102. The summed E-state index contributed by atoms with van der Waals surface area (Å²) in [6.45, 7) is 3.79. The Morgan fingerprint density at radius 1 is 1.26 bits per heavy atom. The van der Waals surface area contributed by atoms with E-state index < -0.39 is 28.0 Å². The first-order valence-electron chi connectivity index (χ1n) is 9.66. The summed E-state index contributed by atoms with van der Waals surface area (Å²) in [5.74, 6) is -0.876. The van der Waals surface area contributed by atoms with Crippen molar-refractivity contribution in [2.75, 3.05) is 21.9 Å². The number of alkyl halides is 3. The second kappa shape index (κ2) is 8.74. The summed E-state index contributed by atoms with van der Waals surface area (Å²) in [7, 11) is -3.47. The topological polar surface area (TPSA) is 88.6 Å². The van der Waals surface area contributed by atoms with E-state index in [1.54, 1.807) is 13.0 Å². The molecule has 1 fully saturated rings. The number of sulfonamides is 1. The number of aromatic nitrogens is 1. The maximum atomic E-state index is 12.9. The Bertz CT molecular complexity index is 1090. The molecule has 0 saturated carbocycles. The van der Waals surface area contributed by atoms with Crippen molar-refractivity contribution in [3.63, 3.8) is 0 Å². The fourth-order valence-corrected chi connectivity index (χ4v) is 4.85. The molecular formula is C20H22F3N3O4S. The van der Waals surface area contributed by atoms with Crippen molar-refractivity contribution >= 4 is 27.4 Å². The van der Waals surface area contributed by atoms with Crippen molar-refractivity contribution < 1.29 is 31.1 Å². The van der Waals surface area contributed by atoms with Crippen molar-refractivity contribution in [3.8, 4) is 5.75 Å². The van der Waals surface area contributed by atoms with Gasteiger partial charge in [-0.2, -0.15) is 0 Å². The van der Waals surface area contributed by atoms with E-state index in [1.807, 2.05) is 6.92 Å². The summed E-state index contributed by atoms with van der Waals surface area (Å²) in [4.78, 5) is 17.0. The van der Waals surface area contributed by atoms with Crippen LogP contribution in [0.2, 0.25) is 0 Å². The summed E-state index contributed by atoms with van der Waals surface area (Å²) in [6.07, 6.45) is -1.80. The van der Waals surface area contributed by atoms with Crippen LogP contribution in [0.4, 0.5) is 24.7 Å². The maximum absolute atomic E-state index is 12.9. The lowest BCUT2D eigenvalue weighted by Crippen LogP contribution is -2.26. The Hall–Kier alpha value is -2.82. The van der Waals surface area contributed by atoms with E-state index in [2.05, 4.69) is 15.0 Å². The Labute approximate surface area is 178 Å². The molecule has 1 aliphatic heterocycles. The molecule has 0 bridgehead atoms. The quantitative estimate of drug-likeness (QED) is 0.708. The maximum Gasteiger partial charge on any atom is 0.573 e.